The van der Waals surface area contributed by atoms with Gasteiger partial charge in [-0.3, -0.25) is 5.41 Å². The van der Waals surface area contributed by atoms with Crippen molar-refractivity contribution in [1.29, 1.82) is 5.41 Å². The number of allylic oxidation sites excluding steroid dienone is 1. The summed E-state index contributed by atoms with van der Waals surface area (Å²) in [7, 11) is 0. The molecule has 1 saturated heterocycles. The van der Waals surface area contributed by atoms with E-state index < -0.39 is 0 Å². The Morgan fingerprint density at radius 1 is 1.58 bits per heavy atom. The molecule has 1 rings (SSSR count). The molecule has 0 aromatic carbocycles. The predicted molar refractivity (Wildman–Crippen MR) is 54.4 cm³/mol. The molecule has 12 heavy (non-hydrogen) atoms. The van der Waals surface area contributed by atoms with Gasteiger partial charge in [-0.25, -0.2) is 0 Å². The largest absolute Gasteiger partial charge is 0.335 e. The summed E-state index contributed by atoms with van der Waals surface area (Å²) in [4.78, 5) is 2.01. The van der Waals surface area contributed by atoms with E-state index >= 15 is 0 Å². The summed E-state index contributed by atoms with van der Waals surface area (Å²) >= 11 is 0. The van der Waals surface area contributed by atoms with Crippen LogP contribution in [-0.2, 0) is 0 Å². The van der Waals surface area contributed by atoms with Gasteiger partial charge in [-0.2, -0.15) is 0 Å². The average molecular weight is 168 g/mol. The molecule has 2 heteroatoms. The minimum Gasteiger partial charge on any atom is -0.335 e. The van der Waals surface area contributed by atoms with Crippen molar-refractivity contribution in [2.45, 2.75) is 40.0 Å². The highest BCUT2D eigenvalue weighted by atomic mass is 15.2. The molecule has 0 unspecified atom stereocenters. The number of nitrogens with one attached hydrogen (secondary N) is 1. The minimum absolute atomic E-state index is 0.742. The molecule has 1 aliphatic rings. The standard InChI is InChI=1S/C8H14N2.C2H6/c1-3-7(2)10-6-4-5-8(10)9;1-2/h9H,2-6H2,1H3;1-2H3. The van der Waals surface area contributed by atoms with Crippen molar-refractivity contribution in [2.75, 3.05) is 6.54 Å². The molecule has 0 saturated carbocycles. The van der Waals surface area contributed by atoms with Gasteiger partial charge in [0.25, 0.3) is 0 Å². The Kier molecular flexibility index (Phi) is 5.43. The molecule has 1 heterocycles. The summed E-state index contributed by atoms with van der Waals surface area (Å²) in [6.07, 6.45) is 3.01. The lowest BCUT2D eigenvalue weighted by Crippen LogP contribution is -2.22. The summed E-state index contributed by atoms with van der Waals surface area (Å²) in [5.74, 6) is 0.742. The summed E-state index contributed by atoms with van der Waals surface area (Å²) in [5, 5.41) is 7.50. The fourth-order valence-corrected chi connectivity index (χ4v) is 1.21. The van der Waals surface area contributed by atoms with E-state index in [4.69, 9.17) is 5.41 Å². The Labute approximate surface area is 75.8 Å². The van der Waals surface area contributed by atoms with Crippen LogP contribution in [-0.4, -0.2) is 17.3 Å². The second-order valence-electron chi connectivity index (χ2n) is 2.62. The monoisotopic (exact) mass is 168 g/mol. The Morgan fingerprint density at radius 2 is 2.17 bits per heavy atom. The zero-order valence-electron chi connectivity index (χ0n) is 8.48. The number of amidine groups is 1. The molecule has 0 bridgehead atoms. The molecule has 1 fully saturated rings. The quantitative estimate of drug-likeness (QED) is 0.674. The molecule has 70 valence electrons. The SMILES string of the molecule is C=C(CC)N1CCCC1=N.CC. The van der Waals surface area contributed by atoms with Crippen LogP contribution in [0.4, 0.5) is 0 Å². The third-order valence-corrected chi connectivity index (χ3v) is 1.91. The van der Waals surface area contributed by atoms with E-state index in [-0.39, 0.29) is 0 Å². The van der Waals surface area contributed by atoms with Crippen LogP contribution >= 0.6 is 0 Å². The highest BCUT2D eigenvalue weighted by Gasteiger charge is 2.17. The summed E-state index contributed by atoms with van der Waals surface area (Å²) in [6, 6.07) is 0. The lowest BCUT2D eigenvalue weighted by atomic mass is 10.3. The van der Waals surface area contributed by atoms with Crippen LogP contribution in [0.3, 0.4) is 0 Å². The lowest BCUT2D eigenvalue weighted by molar-refractivity contribution is 0.536. The highest BCUT2D eigenvalue weighted by molar-refractivity contribution is 5.82. The van der Waals surface area contributed by atoms with Gasteiger partial charge in [0.15, 0.2) is 0 Å². The van der Waals surface area contributed by atoms with Crippen molar-refractivity contribution < 1.29 is 0 Å². The van der Waals surface area contributed by atoms with E-state index in [1.165, 1.54) is 0 Å². The Bertz CT molecular complexity index is 161. The number of hydrogen-bond acceptors (Lipinski definition) is 1. The van der Waals surface area contributed by atoms with Gasteiger partial charge in [-0.05, 0) is 12.8 Å². The average Bonchev–Trinajstić information content (AvgIpc) is 2.54. The van der Waals surface area contributed by atoms with Crippen molar-refractivity contribution in [2.24, 2.45) is 0 Å². The minimum atomic E-state index is 0.742. The molecule has 0 aromatic rings. The summed E-state index contributed by atoms with van der Waals surface area (Å²) in [6.45, 7) is 11.0. The topological polar surface area (TPSA) is 27.1 Å². The first-order chi connectivity index (χ1) is 5.75. The molecule has 2 nitrogen and oxygen atoms in total. The maximum atomic E-state index is 7.50. The van der Waals surface area contributed by atoms with Gasteiger partial charge in [0, 0.05) is 18.7 Å². The van der Waals surface area contributed by atoms with E-state index in [1.54, 1.807) is 0 Å². The van der Waals surface area contributed by atoms with E-state index in [9.17, 15) is 0 Å². The van der Waals surface area contributed by atoms with Gasteiger partial charge in [-0.15, -0.1) is 0 Å². The number of likely N-dealkylation sites (tertiary alicyclic amines) is 1. The third-order valence-electron chi connectivity index (χ3n) is 1.91. The first-order valence-corrected chi connectivity index (χ1v) is 4.78. The van der Waals surface area contributed by atoms with Crippen LogP contribution in [0.2, 0.25) is 0 Å². The van der Waals surface area contributed by atoms with Crippen LogP contribution in [0.15, 0.2) is 12.3 Å². The van der Waals surface area contributed by atoms with Crippen LogP contribution in [0, 0.1) is 5.41 Å². The second kappa shape index (κ2) is 5.81. The Balaban J connectivity index is 0.000000561. The van der Waals surface area contributed by atoms with Crippen LogP contribution in [0.25, 0.3) is 0 Å². The Morgan fingerprint density at radius 3 is 2.50 bits per heavy atom. The highest BCUT2D eigenvalue weighted by Crippen LogP contribution is 2.16. The van der Waals surface area contributed by atoms with Gasteiger partial charge >= 0.3 is 0 Å². The summed E-state index contributed by atoms with van der Waals surface area (Å²) in [5.41, 5.74) is 1.09. The Hall–Kier alpha value is -0.790. The molecule has 1 N–H and O–H groups in total. The van der Waals surface area contributed by atoms with Crippen molar-refractivity contribution >= 4 is 5.84 Å². The molecule has 0 radical (unpaired) electrons. The number of hydrogen-bond donors (Lipinski definition) is 1. The van der Waals surface area contributed by atoms with Gasteiger partial charge in [-0.1, -0.05) is 27.4 Å². The molecule has 0 aromatic heterocycles. The molecular formula is C10H20N2. The van der Waals surface area contributed by atoms with Gasteiger partial charge < -0.3 is 4.90 Å². The van der Waals surface area contributed by atoms with Gasteiger partial charge in [0.1, 0.15) is 5.84 Å². The molecule has 0 aliphatic carbocycles. The fraction of sp³-hybridized carbons (Fsp3) is 0.700. The fourth-order valence-electron chi connectivity index (χ4n) is 1.21. The summed E-state index contributed by atoms with van der Waals surface area (Å²) < 4.78 is 0. The van der Waals surface area contributed by atoms with Crippen molar-refractivity contribution in [3.8, 4) is 0 Å². The first-order valence-electron chi connectivity index (χ1n) is 4.78. The van der Waals surface area contributed by atoms with E-state index in [2.05, 4.69) is 13.5 Å². The van der Waals surface area contributed by atoms with Crippen LogP contribution in [0.5, 0.6) is 0 Å². The second-order valence-corrected chi connectivity index (χ2v) is 2.62. The first kappa shape index (κ1) is 11.2. The van der Waals surface area contributed by atoms with E-state index in [0.29, 0.717) is 0 Å². The normalized spacial score (nSPS) is 15.6. The van der Waals surface area contributed by atoms with Crippen LogP contribution < -0.4 is 0 Å². The van der Waals surface area contributed by atoms with Gasteiger partial charge in [0.05, 0.1) is 0 Å². The molecule has 0 spiro atoms. The number of nitrogens with zero attached hydrogens (tertiary/aromatic N) is 1. The van der Waals surface area contributed by atoms with E-state index in [0.717, 1.165) is 37.3 Å². The third kappa shape index (κ3) is 2.68. The number of rotatable bonds is 2. The molecule has 0 amide bonds. The maximum absolute atomic E-state index is 7.50. The lowest BCUT2D eigenvalue weighted by Gasteiger charge is -2.18. The van der Waals surface area contributed by atoms with Crippen LogP contribution in [0.1, 0.15) is 40.0 Å². The molecule has 1 aliphatic heterocycles. The predicted octanol–water partition coefficient (Wildman–Crippen LogP) is 3.01. The zero-order chi connectivity index (χ0) is 9.56. The van der Waals surface area contributed by atoms with Crippen molar-refractivity contribution in [1.82, 2.24) is 4.90 Å². The zero-order valence-corrected chi connectivity index (χ0v) is 8.48. The molecule has 0 atom stereocenters. The van der Waals surface area contributed by atoms with Crippen molar-refractivity contribution in [3.05, 3.63) is 12.3 Å². The molecular weight excluding hydrogens is 148 g/mol. The van der Waals surface area contributed by atoms with Gasteiger partial charge in [0.2, 0.25) is 0 Å². The maximum Gasteiger partial charge on any atom is 0.100 e. The smallest absolute Gasteiger partial charge is 0.100 e. The van der Waals surface area contributed by atoms with E-state index in [1.807, 2.05) is 18.7 Å². The van der Waals surface area contributed by atoms with Crippen molar-refractivity contribution in [3.63, 3.8) is 0 Å².